The van der Waals surface area contributed by atoms with Gasteiger partial charge in [-0.3, -0.25) is 9.69 Å². The van der Waals surface area contributed by atoms with Gasteiger partial charge in [-0.2, -0.15) is 0 Å². The molecule has 0 unspecified atom stereocenters. The molecule has 0 N–H and O–H groups in total. The van der Waals surface area contributed by atoms with Gasteiger partial charge in [0, 0.05) is 10.6 Å². The van der Waals surface area contributed by atoms with Crippen LogP contribution in [0.2, 0.25) is 5.02 Å². The standard InChI is InChI=1S/C24H27ClN4OS/c1-18(23(30)20-10-12-21(25)13-11-20)31-24-27-26-22(17-28-14-6-3-7-15-28)29(24)16-19-8-4-2-5-9-19/h2,4-5,8-13,18H,3,6-7,14-17H2,1H3/t18-/m0/s1. The van der Waals surface area contributed by atoms with Crippen molar-refractivity contribution in [2.45, 2.75) is 49.7 Å². The van der Waals surface area contributed by atoms with E-state index in [1.54, 1.807) is 24.3 Å². The van der Waals surface area contributed by atoms with Gasteiger partial charge in [0.2, 0.25) is 0 Å². The lowest BCUT2D eigenvalue weighted by atomic mass is 10.1. The summed E-state index contributed by atoms with van der Waals surface area (Å²) in [6.07, 6.45) is 3.78. The van der Waals surface area contributed by atoms with E-state index in [2.05, 4.69) is 31.8 Å². The van der Waals surface area contributed by atoms with Crippen LogP contribution in [0.4, 0.5) is 0 Å². The van der Waals surface area contributed by atoms with E-state index in [-0.39, 0.29) is 11.0 Å². The summed E-state index contributed by atoms with van der Waals surface area (Å²) in [7, 11) is 0. The average Bonchev–Trinajstić information content (AvgIpc) is 3.16. The van der Waals surface area contributed by atoms with Crippen LogP contribution in [0.3, 0.4) is 0 Å². The molecule has 1 aromatic heterocycles. The number of piperidine rings is 1. The van der Waals surface area contributed by atoms with Gasteiger partial charge in [0.15, 0.2) is 10.9 Å². The van der Waals surface area contributed by atoms with Crippen LogP contribution in [-0.2, 0) is 13.1 Å². The van der Waals surface area contributed by atoms with Crippen LogP contribution in [0, 0.1) is 0 Å². The Morgan fingerprint density at radius 3 is 2.42 bits per heavy atom. The van der Waals surface area contributed by atoms with Gasteiger partial charge < -0.3 is 4.57 Å². The number of nitrogens with zero attached hydrogens (tertiary/aromatic N) is 4. The van der Waals surface area contributed by atoms with Crippen molar-refractivity contribution in [1.29, 1.82) is 0 Å². The van der Waals surface area contributed by atoms with Crippen LogP contribution >= 0.6 is 23.4 Å². The second kappa shape index (κ2) is 10.4. The molecule has 1 atom stereocenters. The molecule has 1 aliphatic rings. The smallest absolute Gasteiger partial charge is 0.192 e. The molecule has 7 heteroatoms. The fraction of sp³-hybridized carbons (Fsp3) is 0.375. The number of Topliss-reactive ketones (excluding diaryl/α,β-unsaturated/α-hetero) is 1. The first-order valence-corrected chi connectivity index (χ1v) is 12.0. The average molecular weight is 455 g/mol. The summed E-state index contributed by atoms with van der Waals surface area (Å²) in [6, 6.07) is 17.4. The van der Waals surface area contributed by atoms with Crippen molar-refractivity contribution >= 4 is 29.1 Å². The molecular weight excluding hydrogens is 428 g/mol. The Balaban J connectivity index is 1.55. The number of hydrogen-bond acceptors (Lipinski definition) is 5. The first kappa shape index (κ1) is 22.1. The van der Waals surface area contributed by atoms with Crippen molar-refractivity contribution in [1.82, 2.24) is 19.7 Å². The molecule has 1 saturated heterocycles. The van der Waals surface area contributed by atoms with E-state index >= 15 is 0 Å². The summed E-state index contributed by atoms with van der Waals surface area (Å²) >= 11 is 7.43. The SMILES string of the molecule is C[C@H](Sc1nnc(CN2CCCCC2)n1Cc1ccccc1)C(=O)c1ccc(Cl)cc1. The lowest BCUT2D eigenvalue weighted by molar-refractivity contribution is 0.0994. The number of aromatic nitrogens is 3. The van der Waals surface area contributed by atoms with Crippen molar-refractivity contribution in [3.8, 4) is 0 Å². The Bertz CT molecular complexity index is 1000. The number of thioether (sulfide) groups is 1. The molecule has 0 aliphatic carbocycles. The van der Waals surface area contributed by atoms with Crippen molar-refractivity contribution in [2.24, 2.45) is 0 Å². The van der Waals surface area contributed by atoms with Crippen molar-refractivity contribution in [2.75, 3.05) is 13.1 Å². The van der Waals surface area contributed by atoms with E-state index in [4.69, 9.17) is 11.6 Å². The molecule has 0 amide bonds. The third-order valence-corrected chi connectivity index (χ3v) is 6.90. The van der Waals surface area contributed by atoms with Crippen LogP contribution in [0.15, 0.2) is 59.8 Å². The summed E-state index contributed by atoms with van der Waals surface area (Å²) in [6.45, 7) is 5.62. The van der Waals surface area contributed by atoms with Crippen LogP contribution in [0.25, 0.3) is 0 Å². The van der Waals surface area contributed by atoms with Crippen LogP contribution < -0.4 is 0 Å². The summed E-state index contributed by atoms with van der Waals surface area (Å²) < 4.78 is 2.17. The molecule has 162 valence electrons. The Labute approximate surface area is 192 Å². The highest BCUT2D eigenvalue weighted by atomic mass is 35.5. The van der Waals surface area contributed by atoms with Crippen LogP contribution in [0.5, 0.6) is 0 Å². The van der Waals surface area contributed by atoms with Crippen molar-refractivity contribution in [3.05, 3.63) is 76.6 Å². The summed E-state index contributed by atoms with van der Waals surface area (Å²) in [4.78, 5) is 15.4. The van der Waals surface area contributed by atoms with Crippen LogP contribution in [-0.4, -0.2) is 43.8 Å². The third-order valence-electron chi connectivity index (χ3n) is 5.57. The van der Waals surface area contributed by atoms with E-state index in [1.165, 1.54) is 36.6 Å². The molecule has 5 nitrogen and oxygen atoms in total. The zero-order chi connectivity index (χ0) is 21.6. The van der Waals surface area contributed by atoms with E-state index in [0.717, 1.165) is 30.6 Å². The highest BCUT2D eigenvalue weighted by molar-refractivity contribution is 8.00. The molecule has 2 heterocycles. The maximum absolute atomic E-state index is 12.9. The first-order valence-electron chi connectivity index (χ1n) is 10.7. The predicted molar refractivity (Wildman–Crippen MR) is 126 cm³/mol. The van der Waals surface area contributed by atoms with Crippen molar-refractivity contribution in [3.63, 3.8) is 0 Å². The van der Waals surface area contributed by atoms with Crippen LogP contribution in [0.1, 0.15) is 47.9 Å². The van der Waals surface area contributed by atoms with Gasteiger partial charge in [-0.05, 0) is 62.7 Å². The topological polar surface area (TPSA) is 51.0 Å². The molecule has 31 heavy (non-hydrogen) atoms. The minimum atomic E-state index is -0.275. The molecule has 1 aliphatic heterocycles. The van der Waals surface area contributed by atoms with E-state index in [0.29, 0.717) is 17.1 Å². The van der Waals surface area contributed by atoms with Gasteiger partial charge in [0.25, 0.3) is 0 Å². The molecule has 0 bridgehead atoms. The fourth-order valence-electron chi connectivity index (χ4n) is 3.83. The predicted octanol–water partition coefficient (Wildman–Crippen LogP) is 5.33. The molecule has 0 radical (unpaired) electrons. The number of likely N-dealkylation sites (tertiary alicyclic amines) is 1. The van der Waals surface area contributed by atoms with Gasteiger partial charge in [-0.25, -0.2) is 0 Å². The lowest BCUT2D eigenvalue weighted by Crippen LogP contribution is -2.30. The largest absolute Gasteiger partial charge is 0.300 e. The maximum Gasteiger partial charge on any atom is 0.192 e. The second-order valence-electron chi connectivity index (χ2n) is 7.94. The molecule has 0 saturated carbocycles. The summed E-state index contributed by atoms with van der Waals surface area (Å²) in [5.41, 5.74) is 1.85. The Morgan fingerprint density at radius 1 is 1.00 bits per heavy atom. The zero-order valence-corrected chi connectivity index (χ0v) is 19.3. The third kappa shape index (κ3) is 5.76. The first-order chi connectivity index (χ1) is 15.1. The summed E-state index contributed by atoms with van der Waals surface area (Å²) in [5, 5.41) is 10.1. The van der Waals surface area contributed by atoms with Gasteiger partial charge in [-0.1, -0.05) is 60.1 Å². The van der Waals surface area contributed by atoms with Gasteiger partial charge in [0.1, 0.15) is 5.82 Å². The monoisotopic (exact) mass is 454 g/mol. The van der Waals surface area contributed by atoms with Gasteiger partial charge in [-0.15, -0.1) is 10.2 Å². The Morgan fingerprint density at radius 2 is 1.71 bits per heavy atom. The number of benzene rings is 2. The molecule has 1 fully saturated rings. The zero-order valence-electron chi connectivity index (χ0n) is 17.7. The summed E-state index contributed by atoms with van der Waals surface area (Å²) in [5.74, 6) is 1.02. The maximum atomic E-state index is 12.9. The molecular formula is C24H27ClN4OS. The molecule has 4 rings (SSSR count). The second-order valence-corrected chi connectivity index (χ2v) is 9.68. The highest BCUT2D eigenvalue weighted by Gasteiger charge is 2.23. The minimum Gasteiger partial charge on any atom is -0.300 e. The fourth-order valence-corrected chi connectivity index (χ4v) is 4.90. The number of ketones is 1. The van der Waals surface area contributed by atoms with E-state index < -0.39 is 0 Å². The van der Waals surface area contributed by atoms with Gasteiger partial charge in [0.05, 0.1) is 18.3 Å². The molecule has 2 aromatic carbocycles. The van der Waals surface area contributed by atoms with E-state index in [9.17, 15) is 4.79 Å². The molecule has 3 aromatic rings. The van der Waals surface area contributed by atoms with Gasteiger partial charge >= 0.3 is 0 Å². The minimum absolute atomic E-state index is 0.0634. The molecule has 0 spiro atoms. The van der Waals surface area contributed by atoms with E-state index in [1.807, 2.05) is 25.1 Å². The van der Waals surface area contributed by atoms with Crippen molar-refractivity contribution < 1.29 is 4.79 Å². The quantitative estimate of drug-likeness (QED) is 0.340. The Kier molecular flexibility index (Phi) is 7.43. The lowest BCUT2D eigenvalue weighted by Gasteiger charge is -2.26. The Hall–Kier alpha value is -2.15. The number of halogens is 1. The highest BCUT2D eigenvalue weighted by Crippen LogP contribution is 2.27. The number of carbonyl (C=O) groups excluding carboxylic acids is 1. The normalized spacial score (nSPS) is 15.7. The number of hydrogen-bond donors (Lipinski definition) is 0. The number of carbonyl (C=O) groups is 1. The number of rotatable bonds is 8.